The number of nitrogens with one attached hydrogen (secondary N) is 2. The first-order valence-corrected chi connectivity index (χ1v) is 8.00. The minimum absolute atomic E-state index is 0.0858. The Labute approximate surface area is 141 Å². The Bertz CT molecular complexity index is 610. The van der Waals surface area contributed by atoms with Gasteiger partial charge in [0.05, 0.1) is 20.4 Å². The van der Waals surface area contributed by atoms with Gasteiger partial charge in [-0.3, -0.25) is 9.59 Å². The number of carbonyl (C=O) groups excluding carboxylic acids is 2. The van der Waals surface area contributed by atoms with Crippen molar-refractivity contribution in [2.75, 3.05) is 14.2 Å². The highest BCUT2D eigenvalue weighted by molar-refractivity contribution is 6.35. The molecule has 130 valence electrons. The van der Waals surface area contributed by atoms with E-state index in [1.165, 1.54) is 19.7 Å². The first-order chi connectivity index (χ1) is 11.6. The molecular formula is C17H23N3O4. The zero-order valence-electron chi connectivity index (χ0n) is 14.0. The molecule has 1 fully saturated rings. The number of nitrogens with zero attached hydrogens (tertiary/aromatic N) is 1. The van der Waals surface area contributed by atoms with Crippen LogP contribution in [0.15, 0.2) is 23.3 Å². The maximum Gasteiger partial charge on any atom is 0.329 e. The van der Waals surface area contributed by atoms with Gasteiger partial charge in [-0.05, 0) is 25.0 Å². The molecule has 2 amide bonds. The summed E-state index contributed by atoms with van der Waals surface area (Å²) in [5, 5.41) is 6.55. The van der Waals surface area contributed by atoms with Crippen molar-refractivity contribution in [3.63, 3.8) is 0 Å². The topological polar surface area (TPSA) is 89.0 Å². The second-order valence-corrected chi connectivity index (χ2v) is 5.62. The maximum absolute atomic E-state index is 11.8. The summed E-state index contributed by atoms with van der Waals surface area (Å²) in [6, 6.07) is 5.29. The standard InChI is InChI=1S/C17H23N3O4/c1-23-14-9-8-12(15(10-14)24-2)11-18-20-17(22)16(21)19-13-6-4-3-5-7-13/h8-11,13H,3-7H2,1-2H3,(H,19,21)(H,20,22). The summed E-state index contributed by atoms with van der Waals surface area (Å²) in [5.74, 6) is -0.219. The van der Waals surface area contributed by atoms with Crippen molar-refractivity contribution in [3.05, 3.63) is 23.8 Å². The van der Waals surface area contributed by atoms with Crippen LogP contribution in [-0.4, -0.2) is 38.3 Å². The van der Waals surface area contributed by atoms with Crippen molar-refractivity contribution in [3.8, 4) is 11.5 Å². The van der Waals surface area contributed by atoms with Gasteiger partial charge in [0.2, 0.25) is 0 Å². The quantitative estimate of drug-likeness (QED) is 0.487. The van der Waals surface area contributed by atoms with E-state index in [9.17, 15) is 9.59 Å². The molecule has 1 aromatic carbocycles. The van der Waals surface area contributed by atoms with E-state index in [-0.39, 0.29) is 6.04 Å². The van der Waals surface area contributed by atoms with Gasteiger partial charge in [0.1, 0.15) is 11.5 Å². The third-order valence-electron chi connectivity index (χ3n) is 3.96. The van der Waals surface area contributed by atoms with Crippen molar-refractivity contribution >= 4 is 18.0 Å². The Morgan fingerprint density at radius 2 is 1.88 bits per heavy atom. The van der Waals surface area contributed by atoms with Gasteiger partial charge in [-0.2, -0.15) is 5.10 Å². The lowest BCUT2D eigenvalue weighted by Crippen LogP contribution is -2.44. The average Bonchev–Trinajstić information content (AvgIpc) is 2.62. The molecule has 0 atom stereocenters. The van der Waals surface area contributed by atoms with Crippen molar-refractivity contribution < 1.29 is 19.1 Å². The molecule has 1 aliphatic rings. The number of hydrazone groups is 1. The smallest absolute Gasteiger partial charge is 0.329 e. The van der Waals surface area contributed by atoms with Gasteiger partial charge in [-0.25, -0.2) is 5.43 Å². The van der Waals surface area contributed by atoms with Crippen LogP contribution in [0, 0.1) is 0 Å². The van der Waals surface area contributed by atoms with Crippen LogP contribution in [0.25, 0.3) is 0 Å². The summed E-state index contributed by atoms with van der Waals surface area (Å²) in [7, 11) is 3.09. The summed E-state index contributed by atoms with van der Waals surface area (Å²) in [6.07, 6.45) is 6.62. The summed E-state index contributed by atoms with van der Waals surface area (Å²) in [4.78, 5) is 23.6. The summed E-state index contributed by atoms with van der Waals surface area (Å²) in [5.41, 5.74) is 2.89. The second-order valence-electron chi connectivity index (χ2n) is 5.62. The highest BCUT2D eigenvalue weighted by atomic mass is 16.5. The zero-order chi connectivity index (χ0) is 17.4. The normalized spacial score (nSPS) is 15.1. The first kappa shape index (κ1) is 17.8. The minimum Gasteiger partial charge on any atom is -0.497 e. The van der Waals surface area contributed by atoms with E-state index < -0.39 is 11.8 Å². The fraction of sp³-hybridized carbons (Fsp3) is 0.471. The predicted molar refractivity (Wildman–Crippen MR) is 90.3 cm³/mol. The van der Waals surface area contributed by atoms with E-state index in [4.69, 9.17) is 9.47 Å². The SMILES string of the molecule is COc1ccc(C=NNC(=O)C(=O)NC2CCCCC2)c(OC)c1. The first-order valence-electron chi connectivity index (χ1n) is 8.00. The summed E-state index contributed by atoms with van der Waals surface area (Å²) < 4.78 is 10.3. The number of ether oxygens (including phenoxy) is 2. The number of rotatable bonds is 5. The molecular weight excluding hydrogens is 310 g/mol. The number of amides is 2. The van der Waals surface area contributed by atoms with Gasteiger partial charge in [-0.1, -0.05) is 19.3 Å². The Kier molecular flexibility index (Phi) is 6.60. The monoisotopic (exact) mass is 333 g/mol. The molecule has 0 aromatic heterocycles. The molecule has 1 aliphatic carbocycles. The fourth-order valence-corrected chi connectivity index (χ4v) is 2.63. The van der Waals surface area contributed by atoms with Crippen molar-refractivity contribution in [2.45, 2.75) is 38.1 Å². The average molecular weight is 333 g/mol. The van der Waals surface area contributed by atoms with E-state index in [2.05, 4.69) is 15.8 Å². The third kappa shape index (κ3) is 4.97. The highest BCUT2D eigenvalue weighted by Crippen LogP contribution is 2.23. The molecule has 1 aromatic rings. The Balaban J connectivity index is 1.88. The number of hydrogen-bond donors (Lipinski definition) is 2. The molecule has 2 N–H and O–H groups in total. The number of methoxy groups -OCH3 is 2. The molecule has 0 heterocycles. The zero-order valence-corrected chi connectivity index (χ0v) is 14.0. The van der Waals surface area contributed by atoms with Crippen LogP contribution in [0.1, 0.15) is 37.7 Å². The van der Waals surface area contributed by atoms with Crippen LogP contribution in [0.2, 0.25) is 0 Å². The Morgan fingerprint density at radius 3 is 2.54 bits per heavy atom. The van der Waals surface area contributed by atoms with Crippen LogP contribution >= 0.6 is 0 Å². The van der Waals surface area contributed by atoms with Gasteiger partial charge in [0.25, 0.3) is 0 Å². The molecule has 0 unspecified atom stereocenters. The molecule has 0 spiro atoms. The van der Waals surface area contributed by atoms with E-state index in [0.29, 0.717) is 17.1 Å². The van der Waals surface area contributed by atoms with Crippen molar-refractivity contribution in [1.82, 2.24) is 10.7 Å². The maximum atomic E-state index is 11.8. The Morgan fingerprint density at radius 1 is 1.12 bits per heavy atom. The van der Waals surface area contributed by atoms with Gasteiger partial charge in [-0.15, -0.1) is 0 Å². The van der Waals surface area contributed by atoms with Crippen LogP contribution in [-0.2, 0) is 9.59 Å². The lowest BCUT2D eigenvalue weighted by Gasteiger charge is -2.22. The largest absolute Gasteiger partial charge is 0.497 e. The molecule has 0 radical (unpaired) electrons. The molecule has 1 saturated carbocycles. The van der Waals surface area contributed by atoms with Crippen LogP contribution in [0.4, 0.5) is 0 Å². The number of carbonyl (C=O) groups is 2. The summed E-state index contributed by atoms with van der Waals surface area (Å²) >= 11 is 0. The third-order valence-corrected chi connectivity index (χ3v) is 3.96. The molecule has 24 heavy (non-hydrogen) atoms. The summed E-state index contributed by atoms with van der Waals surface area (Å²) in [6.45, 7) is 0. The van der Waals surface area contributed by atoms with Crippen molar-refractivity contribution in [1.29, 1.82) is 0 Å². The molecule has 0 saturated heterocycles. The number of benzene rings is 1. The Hall–Kier alpha value is -2.57. The fourth-order valence-electron chi connectivity index (χ4n) is 2.63. The van der Waals surface area contributed by atoms with Crippen LogP contribution < -0.4 is 20.2 Å². The van der Waals surface area contributed by atoms with E-state index in [1.54, 1.807) is 25.3 Å². The number of hydrogen-bond acceptors (Lipinski definition) is 5. The van der Waals surface area contributed by atoms with E-state index >= 15 is 0 Å². The molecule has 7 nitrogen and oxygen atoms in total. The van der Waals surface area contributed by atoms with Crippen LogP contribution in [0.5, 0.6) is 11.5 Å². The second kappa shape index (κ2) is 8.90. The van der Waals surface area contributed by atoms with Crippen LogP contribution in [0.3, 0.4) is 0 Å². The van der Waals surface area contributed by atoms with Crippen molar-refractivity contribution in [2.24, 2.45) is 5.10 Å². The van der Waals surface area contributed by atoms with E-state index in [0.717, 1.165) is 25.7 Å². The molecule has 0 aliphatic heterocycles. The minimum atomic E-state index is -0.774. The highest BCUT2D eigenvalue weighted by Gasteiger charge is 2.19. The van der Waals surface area contributed by atoms with Gasteiger partial charge in [0.15, 0.2) is 0 Å². The lowest BCUT2D eigenvalue weighted by molar-refractivity contribution is -0.139. The molecule has 2 rings (SSSR count). The predicted octanol–water partition coefficient (Wildman–Crippen LogP) is 1.60. The van der Waals surface area contributed by atoms with Gasteiger partial charge in [0, 0.05) is 17.7 Å². The van der Waals surface area contributed by atoms with Gasteiger partial charge >= 0.3 is 11.8 Å². The molecule has 7 heteroatoms. The molecule has 0 bridgehead atoms. The van der Waals surface area contributed by atoms with Gasteiger partial charge < -0.3 is 14.8 Å². The van der Waals surface area contributed by atoms with E-state index in [1.807, 2.05) is 0 Å². The lowest BCUT2D eigenvalue weighted by atomic mass is 9.95.